The largest absolute Gasteiger partial charge is 0.493 e. The van der Waals surface area contributed by atoms with Gasteiger partial charge in [-0.2, -0.15) is 0 Å². The van der Waals surface area contributed by atoms with Crippen molar-refractivity contribution in [1.82, 2.24) is 5.32 Å². The number of esters is 1. The first-order chi connectivity index (χ1) is 15.9. The Hall–Kier alpha value is -3.25. The Balaban J connectivity index is 1.78. The standard InChI is InChI=1S/C26H26ClNO5/c1-14-23(26(30)33-4)24(16-6-5-7-18(27)10-16)25-19(28-14)11-17(12-20(25)29)15-8-9-21(31-2)22(13-15)32-3/h5-10,13,17,23-24,28H,1,11-12H2,2-4H3. The van der Waals surface area contributed by atoms with Crippen LogP contribution in [0, 0.1) is 5.92 Å². The fraction of sp³-hybridized carbons (Fsp3) is 0.308. The number of hydrogen-bond donors (Lipinski definition) is 1. The summed E-state index contributed by atoms with van der Waals surface area (Å²) in [4.78, 5) is 26.3. The van der Waals surface area contributed by atoms with E-state index in [4.69, 9.17) is 25.8 Å². The SMILES string of the molecule is C=C1NC2=C(C(=O)CC(c3ccc(OC)c(OC)c3)C2)C(c2cccc(Cl)c2)C1C(=O)OC. The molecule has 6 nitrogen and oxygen atoms in total. The zero-order valence-electron chi connectivity index (χ0n) is 18.8. The van der Waals surface area contributed by atoms with Crippen LogP contribution in [0.5, 0.6) is 11.5 Å². The van der Waals surface area contributed by atoms with Crippen LogP contribution in [0.3, 0.4) is 0 Å². The number of carbonyl (C=O) groups excluding carboxylic acids is 2. The summed E-state index contributed by atoms with van der Waals surface area (Å²) in [7, 11) is 4.51. The van der Waals surface area contributed by atoms with Crippen LogP contribution in [0.2, 0.25) is 5.02 Å². The van der Waals surface area contributed by atoms with E-state index in [1.807, 2.05) is 30.3 Å². The normalized spacial score (nSPS) is 22.4. The number of ether oxygens (including phenoxy) is 3. The van der Waals surface area contributed by atoms with Gasteiger partial charge in [0.2, 0.25) is 0 Å². The Morgan fingerprint density at radius 2 is 1.79 bits per heavy atom. The monoisotopic (exact) mass is 467 g/mol. The number of nitrogens with one attached hydrogen (secondary N) is 1. The highest BCUT2D eigenvalue weighted by molar-refractivity contribution is 6.30. The van der Waals surface area contributed by atoms with Crippen molar-refractivity contribution in [1.29, 1.82) is 0 Å². The highest BCUT2D eigenvalue weighted by atomic mass is 35.5. The van der Waals surface area contributed by atoms with Gasteiger partial charge in [-0.15, -0.1) is 0 Å². The first-order valence-corrected chi connectivity index (χ1v) is 11.0. The van der Waals surface area contributed by atoms with Gasteiger partial charge in [-0.3, -0.25) is 9.59 Å². The molecule has 1 aliphatic carbocycles. The van der Waals surface area contributed by atoms with Crippen LogP contribution in [0.15, 0.2) is 66.0 Å². The van der Waals surface area contributed by atoms with Crippen molar-refractivity contribution < 1.29 is 23.8 Å². The van der Waals surface area contributed by atoms with Gasteiger partial charge in [0.1, 0.15) is 5.92 Å². The molecule has 2 aromatic rings. The average molecular weight is 468 g/mol. The van der Waals surface area contributed by atoms with Gasteiger partial charge in [0.05, 0.1) is 21.3 Å². The van der Waals surface area contributed by atoms with Gasteiger partial charge in [-0.1, -0.05) is 36.4 Å². The number of ketones is 1. The van der Waals surface area contributed by atoms with E-state index in [2.05, 4.69) is 11.9 Å². The van der Waals surface area contributed by atoms with Gasteiger partial charge in [-0.25, -0.2) is 0 Å². The molecule has 33 heavy (non-hydrogen) atoms. The lowest BCUT2D eigenvalue weighted by molar-refractivity contribution is -0.144. The highest BCUT2D eigenvalue weighted by Crippen LogP contribution is 2.48. The molecule has 0 saturated heterocycles. The topological polar surface area (TPSA) is 73.9 Å². The quantitative estimate of drug-likeness (QED) is 0.640. The van der Waals surface area contributed by atoms with Crippen LogP contribution in [0.4, 0.5) is 0 Å². The van der Waals surface area contributed by atoms with Gasteiger partial charge in [0.25, 0.3) is 0 Å². The van der Waals surface area contributed by atoms with Crippen molar-refractivity contribution in [3.8, 4) is 11.5 Å². The van der Waals surface area contributed by atoms with Crippen LogP contribution in [0.1, 0.15) is 35.8 Å². The maximum atomic E-state index is 13.6. The van der Waals surface area contributed by atoms with E-state index in [-0.39, 0.29) is 11.7 Å². The second kappa shape index (κ2) is 9.32. The third kappa shape index (κ3) is 4.23. The summed E-state index contributed by atoms with van der Waals surface area (Å²) in [6.07, 6.45) is 0.911. The van der Waals surface area contributed by atoms with Gasteiger partial charge >= 0.3 is 5.97 Å². The lowest BCUT2D eigenvalue weighted by atomic mass is 9.69. The Bertz CT molecular complexity index is 1160. The molecule has 1 N–H and O–H groups in total. The van der Waals surface area contributed by atoms with Gasteiger partial charge in [0, 0.05) is 34.3 Å². The van der Waals surface area contributed by atoms with E-state index < -0.39 is 17.8 Å². The first-order valence-electron chi connectivity index (χ1n) is 10.6. The molecule has 1 aliphatic heterocycles. The number of hydrogen-bond acceptors (Lipinski definition) is 6. The first kappa shape index (κ1) is 22.9. The Morgan fingerprint density at radius 1 is 1.03 bits per heavy atom. The molecule has 0 aromatic heterocycles. The highest BCUT2D eigenvalue weighted by Gasteiger charge is 2.45. The van der Waals surface area contributed by atoms with Crippen molar-refractivity contribution in [2.45, 2.75) is 24.7 Å². The lowest BCUT2D eigenvalue weighted by Crippen LogP contribution is -2.42. The molecule has 1 heterocycles. The second-order valence-electron chi connectivity index (χ2n) is 8.22. The van der Waals surface area contributed by atoms with E-state index in [0.29, 0.717) is 40.6 Å². The molecule has 3 unspecified atom stereocenters. The molecule has 3 atom stereocenters. The number of Topliss-reactive ketones (excluding diaryl/α,β-unsaturated/α-hetero) is 1. The van der Waals surface area contributed by atoms with Crippen molar-refractivity contribution >= 4 is 23.4 Å². The predicted octanol–water partition coefficient (Wildman–Crippen LogP) is 4.75. The molecule has 0 amide bonds. The third-order valence-corrected chi connectivity index (χ3v) is 6.62. The molecule has 0 saturated carbocycles. The molecule has 0 fully saturated rings. The lowest BCUT2D eigenvalue weighted by Gasteiger charge is -2.40. The van der Waals surface area contributed by atoms with Crippen LogP contribution in [-0.4, -0.2) is 33.1 Å². The van der Waals surface area contributed by atoms with Gasteiger partial charge in [0.15, 0.2) is 17.3 Å². The molecule has 0 bridgehead atoms. The second-order valence-corrected chi connectivity index (χ2v) is 8.66. The molecule has 4 rings (SSSR count). The van der Waals surface area contributed by atoms with E-state index in [1.165, 1.54) is 7.11 Å². The van der Waals surface area contributed by atoms with Crippen molar-refractivity contribution in [3.63, 3.8) is 0 Å². The van der Waals surface area contributed by atoms with Gasteiger partial charge < -0.3 is 19.5 Å². The average Bonchev–Trinajstić information content (AvgIpc) is 2.82. The summed E-state index contributed by atoms with van der Waals surface area (Å²) in [6.45, 7) is 4.10. The maximum Gasteiger partial charge on any atom is 0.315 e. The number of rotatable bonds is 5. The summed E-state index contributed by atoms with van der Waals surface area (Å²) in [6, 6.07) is 13.0. The Morgan fingerprint density at radius 3 is 2.45 bits per heavy atom. The predicted molar refractivity (Wildman–Crippen MR) is 126 cm³/mol. The van der Waals surface area contributed by atoms with E-state index >= 15 is 0 Å². The van der Waals surface area contributed by atoms with Crippen molar-refractivity contribution in [2.75, 3.05) is 21.3 Å². The van der Waals surface area contributed by atoms with Crippen molar-refractivity contribution in [3.05, 3.63) is 82.2 Å². The van der Waals surface area contributed by atoms with Crippen LogP contribution >= 0.6 is 11.6 Å². The molecular weight excluding hydrogens is 442 g/mol. The summed E-state index contributed by atoms with van der Waals surface area (Å²) in [5.41, 5.74) is 3.64. The minimum atomic E-state index is -0.728. The molecule has 7 heteroatoms. The maximum absolute atomic E-state index is 13.6. The third-order valence-electron chi connectivity index (χ3n) is 6.38. The van der Waals surface area contributed by atoms with Crippen LogP contribution < -0.4 is 14.8 Å². The zero-order chi connectivity index (χ0) is 23.7. The molecule has 0 spiro atoms. The smallest absolute Gasteiger partial charge is 0.315 e. The summed E-state index contributed by atoms with van der Waals surface area (Å²) < 4.78 is 15.8. The summed E-state index contributed by atoms with van der Waals surface area (Å²) in [5, 5.41) is 3.79. The minimum Gasteiger partial charge on any atom is -0.493 e. The Kier molecular flexibility index (Phi) is 6.47. The van der Waals surface area contributed by atoms with Crippen molar-refractivity contribution in [2.24, 2.45) is 5.92 Å². The number of methoxy groups -OCH3 is 3. The minimum absolute atomic E-state index is 0.0186. The molecular formula is C26H26ClNO5. The van der Waals surface area contributed by atoms with Crippen LogP contribution in [0.25, 0.3) is 0 Å². The number of benzene rings is 2. The number of halogens is 1. The van der Waals surface area contributed by atoms with Crippen LogP contribution in [-0.2, 0) is 14.3 Å². The Labute approximate surface area is 198 Å². The summed E-state index contributed by atoms with van der Waals surface area (Å²) >= 11 is 6.25. The van der Waals surface area contributed by atoms with E-state index in [0.717, 1.165) is 16.8 Å². The van der Waals surface area contributed by atoms with E-state index in [1.54, 1.807) is 26.4 Å². The molecule has 172 valence electrons. The number of allylic oxidation sites excluding steroid dienone is 2. The molecule has 2 aromatic carbocycles. The fourth-order valence-electron chi connectivity index (χ4n) is 4.86. The zero-order valence-corrected chi connectivity index (χ0v) is 19.6. The molecule has 2 aliphatic rings. The van der Waals surface area contributed by atoms with E-state index in [9.17, 15) is 9.59 Å². The van der Waals surface area contributed by atoms with Gasteiger partial charge in [-0.05, 0) is 47.7 Å². The molecule has 0 radical (unpaired) electrons. The summed E-state index contributed by atoms with van der Waals surface area (Å²) in [5.74, 6) is -0.507. The fourth-order valence-corrected chi connectivity index (χ4v) is 5.06. The number of carbonyl (C=O) groups is 2.